The highest BCUT2D eigenvalue weighted by Gasteiger charge is 2.27. The molecule has 0 unspecified atom stereocenters. The van der Waals surface area contributed by atoms with Gasteiger partial charge in [-0.25, -0.2) is 4.79 Å². The lowest BCUT2D eigenvalue weighted by atomic mass is 9.94. The Bertz CT molecular complexity index is 938. The molecule has 10 heteroatoms. The lowest BCUT2D eigenvalue weighted by Crippen LogP contribution is -2.47. The molecule has 3 N–H and O–H groups in total. The highest BCUT2D eigenvalue weighted by molar-refractivity contribution is 6.33. The number of ether oxygens (including phenoxy) is 2. The maximum atomic E-state index is 12.8. The number of amides is 2. The Morgan fingerprint density at radius 2 is 1.80 bits per heavy atom. The second kappa shape index (κ2) is 12.8. The Kier molecular flexibility index (Phi) is 9.80. The van der Waals surface area contributed by atoms with Crippen molar-refractivity contribution >= 4 is 35.1 Å². The molecule has 3 rings (SSSR count). The number of methoxy groups -OCH3 is 1. The van der Waals surface area contributed by atoms with Crippen LogP contribution in [0.4, 0.5) is 5.69 Å². The molecule has 192 valence electrons. The molecule has 0 radical (unpaired) electrons. The van der Waals surface area contributed by atoms with Crippen LogP contribution < -0.4 is 15.8 Å². The molecule has 2 amide bonds. The smallest absolute Gasteiger partial charge is 0.330 e. The second-order valence-electron chi connectivity index (χ2n) is 8.98. The Morgan fingerprint density at radius 1 is 1.11 bits per heavy atom. The van der Waals surface area contributed by atoms with E-state index >= 15 is 0 Å². The van der Waals surface area contributed by atoms with E-state index in [0.717, 1.165) is 45.3 Å². The second-order valence-corrected chi connectivity index (χ2v) is 9.38. The number of hydrogen-bond acceptors (Lipinski definition) is 7. The summed E-state index contributed by atoms with van der Waals surface area (Å²) in [4.78, 5) is 40.7. The van der Waals surface area contributed by atoms with Crippen molar-refractivity contribution in [3.05, 3.63) is 34.9 Å². The molecular formula is C25H35ClN4O5. The number of nitrogen functional groups attached to an aromatic ring is 1. The average Bonchev–Trinajstić information content (AvgIpc) is 2.85. The predicted molar refractivity (Wildman–Crippen MR) is 134 cm³/mol. The van der Waals surface area contributed by atoms with E-state index in [0.29, 0.717) is 47.6 Å². The Morgan fingerprint density at radius 3 is 2.43 bits per heavy atom. The summed E-state index contributed by atoms with van der Waals surface area (Å²) in [7, 11) is 1.50. The van der Waals surface area contributed by atoms with Crippen LogP contribution in [0.25, 0.3) is 0 Å². The average molecular weight is 507 g/mol. The van der Waals surface area contributed by atoms with Gasteiger partial charge in [-0.05, 0) is 44.6 Å². The number of esters is 1. The van der Waals surface area contributed by atoms with Gasteiger partial charge in [-0.1, -0.05) is 11.6 Å². The summed E-state index contributed by atoms with van der Waals surface area (Å²) in [6, 6.07) is 3.20. The summed E-state index contributed by atoms with van der Waals surface area (Å²) >= 11 is 6.10. The van der Waals surface area contributed by atoms with Gasteiger partial charge >= 0.3 is 5.97 Å². The fraction of sp³-hybridized carbons (Fsp3) is 0.560. The van der Waals surface area contributed by atoms with Gasteiger partial charge in [0.1, 0.15) is 5.75 Å². The van der Waals surface area contributed by atoms with E-state index in [1.807, 2.05) is 0 Å². The highest BCUT2D eigenvalue weighted by Crippen LogP contribution is 2.29. The van der Waals surface area contributed by atoms with Crippen molar-refractivity contribution in [1.29, 1.82) is 0 Å². The summed E-state index contributed by atoms with van der Waals surface area (Å²) in [6.45, 7) is 6.20. The van der Waals surface area contributed by atoms with Crippen LogP contribution in [0.15, 0.2) is 24.3 Å². The van der Waals surface area contributed by atoms with Gasteiger partial charge in [0.15, 0.2) is 0 Å². The Hall–Kier alpha value is -2.78. The first-order valence-electron chi connectivity index (χ1n) is 12.1. The molecule has 35 heavy (non-hydrogen) atoms. The number of anilines is 1. The van der Waals surface area contributed by atoms with Crippen LogP contribution in [-0.2, 0) is 14.3 Å². The van der Waals surface area contributed by atoms with E-state index in [9.17, 15) is 14.4 Å². The van der Waals surface area contributed by atoms with Crippen LogP contribution in [0.5, 0.6) is 5.75 Å². The topological polar surface area (TPSA) is 114 Å². The van der Waals surface area contributed by atoms with Gasteiger partial charge in [0, 0.05) is 57.0 Å². The number of carbonyl (C=O) groups is 3. The molecule has 0 spiro atoms. The van der Waals surface area contributed by atoms with Gasteiger partial charge < -0.3 is 30.3 Å². The minimum absolute atomic E-state index is 0.0884. The molecular weight excluding hydrogens is 472 g/mol. The molecule has 2 aliphatic heterocycles. The fourth-order valence-corrected chi connectivity index (χ4v) is 4.74. The van der Waals surface area contributed by atoms with Crippen LogP contribution in [0.2, 0.25) is 5.02 Å². The number of likely N-dealkylation sites (tertiary alicyclic amines) is 2. The molecule has 1 aromatic rings. The van der Waals surface area contributed by atoms with Crippen LogP contribution in [0, 0.1) is 5.92 Å². The van der Waals surface area contributed by atoms with Crippen molar-refractivity contribution in [2.45, 2.75) is 38.6 Å². The predicted octanol–water partition coefficient (Wildman–Crippen LogP) is 2.48. The number of hydrogen-bond donors (Lipinski definition) is 2. The minimum atomic E-state index is -0.494. The maximum Gasteiger partial charge on any atom is 0.330 e. The molecule has 0 atom stereocenters. The zero-order valence-electron chi connectivity index (χ0n) is 20.4. The number of carbonyl (C=O) groups excluding carboxylic acids is 3. The molecule has 0 bridgehead atoms. The number of nitrogens with zero attached hydrogens (tertiary/aromatic N) is 2. The number of piperidine rings is 2. The quantitative estimate of drug-likeness (QED) is 0.316. The van der Waals surface area contributed by atoms with Gasteiger partial charge in [0.2, 0.25) is 5.91 Å². The van der Waals surface area contributed by atoms with E-state index < -0.39 is 5.97 Å². The van der Waals surface area contributed by atoms with Gasteiger partial charge in [-0.3, -0.25) is 9.59 Å². The van der Waals surface area contributed by atoms with Crippen molar-refractivity contribution in [2.75, 3.05) is 52.2 Å². The third-order valence-corrected chi connectivity index (χ3v) is 6.90. The largest absolute Gasteiger partial charge is 0.496 e. The molecule has 1 aromatic carbocycles. The summed E-state index contributed by atoms with van der Waals surface area (Å²) in [5.74, 6) is 0.0819. The van der Waals surface area contributed by atoms with Gasteiger partial charge in [0.05, 0.1) is 30.0 Å². The van der Waals surface area contributed by atoms with Gasteiger partial charge in [0.25, 0.3) is 5.91 Å². The molecule has 0 aliphatic carbocycles. The van der Waals surface area contributed by atoms with Crippen LogP contribution >= 0.6 is 11.6 Å². The number of nitrogens with two attached hydrogens (primary N) is 1. The van der Waals surface area contributed by atoms with Crippen molar-refractivity contribution < 1.29 is 23.9 Å². The molecule has 2 fully saturated rings. The number of nitrogens with one attached hydrogen (secondary N) is 1. The fourth-order valence-electron chi connectivity index (χ4n) is 4.57. The van der Waals surface area contributed by atoms with Crippen molar-refractivity contribution in [1.82, 2.24) is 15.1 Å². The van der Waals surface area contributed by atoms with E-state index in [2.05, 4.69) is 10.2 Å². The van der Waals surface area contributed by atoms with Gasteiger partial charge in [-0.15, -0.1) is 0 Å². The van der Waals surface area contributed by atoms with Crippen molar-refractivity contribution in [2.24, 2.45) is 5.92 Å². The first-order valence-corrected chi connectivity index (χ1v) is 12.5. The van der Waals surface area contributed by atoms with Crippen LogP contribution in [0.1, 0.15) is 43.0 Å². The third kappa shape index (κ3) is 7.60. The number of halogens is 1. The normalized spacial score (nSPS) is 18.0. The minimum Gasteiger partial charge on any atom is -0.496 e. The first kappa shape index (κ1) is 26.8. The van der Waals surface area contributed by atoms with E-state index in [1.54, 1.807) is 24.0 Å². The summed E-state index contributed by atoms with van der Waals surface area (Å²) in [5.41, 5.74) is 6.56. The van der Waals surface area contributed by atoms with Crippen molar-refractivity contribution in [3.8, 4) is 5.75 Å². The van der Waals surface area contributed by atoms with Crippen LogP contribution in [-0.4, -0.2) is 80.1 Å². The molecule has 9 nitrogen and oxygen atoms in total. The molecule has 0 aromatic heterocycles. The lowest BCUT2D eigenvalue weighted by molar-refractivity contribution is -0.137. The zero-order valence-corrected chi connectivity index (χ0v) is 21.2. The number of benzene rings is 1. The van der Waals surface area contributed by atoms with Crippen molar-refractivity contribution in [3.63, 3.8) is 0 Å². The Balaban J connectivity index is 1.40. The van der Waals surface area contributed by atoms with Gasteiger partial charge in [-0.2, -0.15) is 0 Å². The molecule has 2 heterocycles. The Labute approximate surface area is 211 Å². The zero-order chi connectivity index (χ0) is 25.4. The third-order valence-electron chi connectivity index (χ3n) is 6.58. The molecule has 0 saturated carbocycles. The standard InChI is InChI=1S/C25H35ClN4O5/c1-3-35-24(32)5-4-23(31)30-12-6-17(7-13-30)16-29-10-8-18(9-11-29)28-25(33)19-14-20(26)21(27)15-22(19)34-2/h4-5,14-15,17-18H,3,6-13,16,27H2,1-2H3,(H,28,33)/b5-4+. The molecule has 2 aliphatic rings. The highest BCUT2D eigenvalue weighted by atomic mass is 35.5. The monoisotopic (exact) mass is 506 g/mol. The maximum absolute atomic E-state index is 12.8. The first-order chi connectivity index (χ1) is 16.8. The molecule has 2 saturated heterocycles. The SMILES string of the molecule is CCOC(=O)/C=C/C(=O)N1CCC(CN2CCC(NC(=O)c3cc(Cl)c(N)cc3OC)CC2)CC1. The van der Waals surface area contributed by atoms with E-state index in [1.165, 1.54) is 19.3 Å². The summed E-state index contributed by atoms with van der Waals surface area (Å²) in [6.07, 6.45) is 6.10. The summed E-state index contributed by atoms with van der Waals surface area (Å²) in [5, 5.41) is 3.43. The van der Waals surface area contributed by atoms with E-state index in [4.69, 9.17) is 26.8 Å². The number of rotatable bonds is 8. The van der Waals surface area contributed by atoms with Crippen LogP contribution in [0.3, 0.4) is 0 Å². The summed E-state index contributed by atoms with van der Waals surface area (Å²) < 4.78 is 10.1. The van der Waals surface area contributed by atoms with E-state index in [-0.39, 0.29) is 17.9 Å². The lowest BCUT2D eigenvalue weighted by Gasteiger charge is -2.37.